The van der Waals surface area contributed by atoms with Gasteiger partial charge in [0.15, 0.2) is 0 Å². The number of ether oxygens (including phenoxy) is 1. The van der Waals surface area contributed by atoms with E-state index in [0.29, 0.717) is 11.9 Å². The number of alkyl halides is 1. The molecule has 0 saturated carbocycles. The first kappa shape index (κ1) is 13.3. The van der Waals surface area contributed by atoms with Crippen LogP contribution in [0.25, 0.3) is 0 Å². The first-order chi connectivity index (χ1) is 7.65. The molecule has 90 valence electrons. The summed E-state index contributed by atoms with van der Waals surface area (Å²) in [5.41, 5.74) is 1.97. The number of hydrogen-bond donors (Lipinski definition) is 1. The molecule has 16 heavy (non-hydrogen) atoms. The van der Waals surface area contributed by atoms with Crippen molar-refractivity contribution in [1.82, 2.24) is 10.3 Å². The number of hydrogen-bond acceptors (Lipinski definition) is 3. The van der Waals surface area contributed by atoms with Crippen LogP contribution in [0, 0.1) is 6.92 Å². The molecule has 1 unspecified atom stereocenters. The van der Waals surface area contributed by atoms with Gasteiger partial charge in [-0.05, 0) is 20.3 Å². The minimum atomic E-state index is 0.408. The molecule has 1 N–H and O–H groups in total. The highest BCUT2D eigenvalue weighted by Gasteiger charge is 2.03. The minimum absolute atomic E-state index is 0.408. The summed E-state index contributed by atoms with van der Waals surface area (Å²) < 4.78 is 5.20. The molecule has 1 aromatic rings. The molecular weight excluding hydrogens is 224 g/mol. The number of aromatic nitrogens is 1. The molecule has 0 aliphatic carbocycles. The van der Waals surface area contributed by atoms with Crippen molar-refractivity contribution in [1.29, 1.82) is 0 Å². The summed E-state index contributed by atoms with van der Waals surface area (Å²) in [5, 5.41) is 3.38. The molecule has 0 spiro atoms. The lowest BCUT2D eigenvalue weighted by Gasteiger charge is -2.12. The predicted molar refractivity (Wildman–Crippen MR) is 67.2 cm³/mol. The van der Waals surface area contributed by atoms with Gasteiger partial charge in [0.25, 0.3) is 0 Å². The highest BCUT2D eigenvalue weighted by atomic mass is 35.5. The van der Waals surface area contributed by atoms with E-state index in [1.165, 1.54) is 0 Å². The summed E-state index contributed by atoms with van der Waals surface area (Å²) in [6, 6.07) is 4.28. The fraction of sp³-hybridized carbons (Fsp3) is 0.583. The molecule has 4 heteroatoms. The van der Waals surface area contributed by atoms with Crippen molar-refractivity contribution in [3.63, 3.8) is 0 Å². The zero-order chi connectivity index (χ0) is 12.0. The Kier molecular flexibility index (Phi) is 5.56. The second-order valence-corrected chi connectivity index (χ2v) is 4.28. The molecule has 3 nitrogen and oxygen atoms in total. The van der Waals surface area contributed by atoms with Gasteiger partial charge in [0, 0.05) is 36.3 Å². The Morgan fingerprint density at radius 2 is 2.25 bits per heavy atom. The largest absolute Gasteiger partial charge is 0.497 e. The summed E-state index contributed by atoms with van der Waals surface area (Å²) in [4.78, 5) is 4.44. The molecule has 0 saturated heterocycles. The molecule has 0 aromatic carbocycles. The molecule has 1 atom stereocenters. The summed E-state index contributed by atoms with van der Waals surface area (Å²) in [6.07, 6.45) is 0.963. The van der Waals surface area contributed by atoms with E-state index in [0.717, 1.165) is 30.1 Å². The van der Waals surface area contributed by atoms with Crippen LogP contribution in [0.1, 0.15) is 24.7 Å². The van der Waals surface area contributed by atoms with Gasteiger partial charge in [0.1, 0.15) is 5.75 Å². The summed E-state index contributed by atoms with van der Waals surface area (Å²) in [5.74, 6) is 1.54. The van der Waals surface area contributed by atoms with Crippen LogP contribution in [-0.2, 0) is 6.54 Å². The Balaban J connectivity index is 2.56. The first-order valence-corrected chi connectivity index (χ1v) is 6.00. The minimum Gasteiger partial charge on any atom is -0.497 e. The first-order valence-electron chi connectivity index (χ1n) is 5.46. The number of nitrogens with zero attached hydrogens (tertiary/aromatic N) is 1. The van der Waals surface area contributed by atoms with Gasteiger partial charge in [-0.25, -0.2) is 0 Å². The number of aryl methyl sites for hydroxylation is 1. The van der Waals surface area contributed by atoms with E-state index < -0.39 is 0 Å². The standard InChI is InChI=1S/C12H19ClN2O/c1-9(4-5-13)14-8-11-7-12(16-3)6-10(2)15-11/h6-7,9,14H,4-5,8H2,1-3H3. The van der Waals surface area contributed by atoms with Crippen LogP contribution in [0.3, 0.4) is 0 Å². The van der Waals surface area contributed by atoms with E-state index >= 15 is 0 Å². The van der Waals surface area contributed by atoms with Gasteiger partial charge in [-0.15, -0.1) is 11.6 Å². The van der Waals surface area contributed by atoms with Gasteiger partial charge in [-0.2, -0.15) is 0 Å². The van der Waals surface area contributed by atoms with Gasteiger partial charge < -0.3 is 10.1 Å². The molecule has 0 bridgehead atoms. The average Bonchev–Trinajstić information content (AvgIpc) is 2.26. The zero-order valence-corrected chi connectivity index (χ0v) is 10.8. The Morgan fingerprint density at radius 1 is 1.50 bits per heavy atom. The van der Waals surface area contributed by atoms with Gasteiger partial charge in [-0.1, -0.05) is 0 Å². The van der Waals surface area contributed by atoms with Crippen LogP contribution < -0.4 is 10.1 Å². The maximum atomic E-state index is 5.68. The molecule has 0 amide bonds. The summed E-state index contributed by atoms with van der Waals surface area (Å²) >= 11 is 5.68. The van der Waals surface area contributed by atoms with E-state index in [1.54, 1.807) is 7.11 Å². The van der Waals surface area contributed by atoms with Crippen molar-refractivity contribution in [3.8, 4) is 5.75 Å². The van der Waals surface area contributed by atoms with E-state index in [9.17, 15) is 0 Å². The Morgan fingerprint density at radius 3 is 2.88 bits per heavy atom. The van der Waals surface area contributed by atoms with E-state index in [4.69, 9.17) is 16.3 Å². The van der Waals surface area contributed by atoms with Gasteiger partial charge in [0.2, 0.25) is 0 Å². The van der Waals surface area contributed by atoms with Crippen molar-refractivity contribution in [2.45, 2.75) is 32.9 Å². The zero-order valence-electron chi connectivity index (χ0n) is 10.1. The van der Waals surface area contributed by atoms with Crippen LogP contribution >= 0.6 is 11.6 Å². The summed E-state index contributed by atoms with van der Waals surface area (Å²) in [6.45, 7) is 4.83. The van der Waals surface area contributed by atoms with Crippen molar-refractivity contribution < 1.29 is 4.74 Å². The van der Waals surface area contributed by atoms with Crippen molar-refractivity contribution in [2.24, 2.45) is 0 Å². The second kappa shape index (κ2) is 6.71. The number of halogens is 1. The maximum absolute atomic E-state index is 5.68. The fourth-order valence-corrected chi connectivity index (χ4v) is 1.78. The Hall–Kier alpha value is -0.800. The number of pyridine rings is 1. The molecule has 0 aliphatic rings. The number of methoxy groups -OCH3 is 1. The van der Waals surface area contributed by atoms with Crippen LogP contribution in [0.2, 0.25) is 0 Å². The van der Waals surface area contributed by atoms with Crippen LogP contribution in [0.4, 0.5) is 0 Å². The van der Waals surface area contributed by atoms with Crippen molar-refractivity contribution in [2.75, 3.05) is 13.0 Å². The normalized spacial score (nSPS) is 12.5. The highest BCUT2D eigenvalue weighted by molar-refractivity contribution is 6.17. The lowest BCUT2D eigenvalue weighted by molar-refractivity contribution is 0.412. The molecule has 1 rings (SSSR count). The molecule has 1 aromatic heterocycles. The molecule has 0 radical (unpaired) electrons. The molecule has 0 aliphatic heterocycles. The quantitative estimate of drug-likeness (QED) is 0.779. The Bertz CT molecular complexity index is 331. The Labute approximate surface area is 102 Å². The van der Waals surface area contributed by atoms with Gasteiger partial charge in [-0.3, -0.25) is 4.98 Å². The van der Waals surface area contributed by atoms with E-state index in [-0.39, 0.29) is 0 Å². The van der Waals surface area contributed by atoms with Crippen LogP contribution in [0.15, 0.2) is 12.1 Å². The third kappa shape index (κ3) is 4.37. The van der Waals surface area contributed by atoms with E-state index in [2.05, 4.69) is 17.2 Å². The van der Waals surface area contributed by atoms with Crippen molar-refractivity contribution in [3.05, 3.63) is 23.5 Å². The third-order valence-electron chi connectivity index (χ3n) is 2.39. The molecule has 0 fully saturated rings. The van der Waals surface area contributed by atoms with E-state index in [1.807, 2.05) is 19.1 Å². The summed E-state index contributed by atoms with van der Waals surface area (Å²) in [7, 11) is 1.67. The molecule has 1 heterocycles. The van der Waals surface area contributed by atoms with Gasteiger partial charge in [0.05, 0.1) is 12.8 Å². The fourth-order valence-electron chi connectivity index (χ4n) is 1.46. The third-order valence-corrected chi connectivity index (χ3v) is 2.61. The maximum Gasteiger partial charge on any atom is 0.122 e. The van der Waals surface area contributed by atoms with Crippen molar-refractivity contribution >= 4 is 11.6 Å². The lowest BCUT2D eigenvalue weighted by Crippen LogP contribution is -2.26. The van der Waals surface area contributed by atoms with Gasteiger partial charge >= 0.3 is 0 Å². The lowest BCUT2D eigenvalue weighted by atomic mass is 10.2. The average molecular weight is 243 g/mol. The van der Waals surface area contributed by atoms with Crippen LogP contribution in [0.5, 0.6) is 5.75 Å². The monoisotopic (exact) mass is 242 g/mol. The number of rotatable bonds is 6. The smallest absolute Gasteiger partial charge is 0.122 e. The SMILES string of the molecule is COc1cc(C)nc(CNC(C)CCCl)c1. The highest BCUT2D eigenvalue weighted by Crippen LogP contribution is 2.13. The molecular formula is C12H19ClN2O. The second-order valence-electron chi connectivity index (χ2n) is 3.90. The topological polar surface area (TPSA) is 34.1 Å². The number of nitrogens with one attached hydrogen (secondary N) is 1. The predicted octanol–water partition coefficient (Wildman–Crippen LogP) is 2.51. The van der Waals surface area contributed by atoms with Crippen LogP contribution in [-0.4, -0.2) is 24.0 Å².